The van der Waals surface area contributed by atoms with E-state index in [-0.39, 0.29) is 0 Å². The molecule has 0 fully saturated rings. The van der Waals surface area contributed by atoms with Crippen LogP contribution in [0.1, 0.15) is 11.1 Å². The number of nitrogens with zero attached hydrogens (tertiary/aromatic N) is 2. The van der Waals surface area contributed by atoms with E-state index >= 15 is 0 Å². The molecule has 2 aromatic rings. The van der Waals surface area contributed by atoms with E-state index in [4.69, 9.17) is 13.1 Å². The molecule has 84 valence electrons. The fourth-order valence-electron chi connectivity index (χ4n) is 1.51. The molecule has 0 atom stereocenters. The number of hydrogen-bond donors (Lipinski definition) is 0. The van der Waals surface area contributed by atoms with Crippen LogP contribution >= 0.6 is 0 Å². The van der Waals surface area contributed by atoms with E-state index in [2.05, 4.69) is 9.69 Å². The lowest BCUT2D eigenvalue weighted by molar-refractivity contribution is 1.65. The molecule has 2 nitrogen and oxygen atoms in total. The highest BCUT2D eigenvalue weighted by molar-refractivity contribution is 5.71. The minimum Gasteiger partial charge on any atom is -0.238 e. The molecule has 2 rings (SSSR count). The molecule has 0 radical (unpaired) electrons. The van der Waals surface area contributed by atoms with Gasteiger partial charge in [0.2, 0.25) is 0 Å². The fraction of sp³-hybridized carbons (Fsp3) is 0. The summed E-state index contributed by atoms with van der Waals surface area (Å²) in [5.41, 5.74) is 3.40. The molecule has 2 aromatic carbocycles. The van der Waals surface area contributed by atoms with E-state index in [0.29, 0.717) is 11.4 Å². The van der Waals surface area contributed by atoms with Gasteiger partial charge in [0.1, 0.15) is 0 Å². The smallest absolute Gasteiger partial charge is 0.187 e. The molecule has 0 saturated heterocycles. The summed E-state index contributed by atoms with van der Waals surface area (Å²) in [6.45, 7) is 13.7. The molecule has 0 spiro atoms. The Bertz CT molecular complexity index is 576. The SMILES string of the molecule is [C-]#[N+]c1ccc(/C=C/c2ccc([N+]#[C-])cc2)cc1. The first-order valence-electron chi connectivity index (χ1n) is 5.45. The highest BCUT2D eigenvalue weighted by Crippen LogP contribution is 2.16. The van der Waals surface area contributed by atoms with Gasteiger partial charge in [0.15, 0.2) is 11.4 Å². The molecule has 0 N–H and O–H groups in total. The van der Waals surface area contributed by atoms with Gasteiger partial charge in [0.05, 0.1) is 13.1 Å². The lowest BCUT2D eigenvalue weighted by atomic mass is 10.1. The van der Waals surface area contributed by atoms with Gasteiger partial charge in [-0.05, 0) is 11.1 Å². The second-order valence-electron chi connectivity index (χ2n) is 3.74. The second kappa shape index (κ2) is 5.48. The van der Waals surface area contributed by atoms with Gasteiger partial charge in [-0.15, -0.1) is 0 Å². The predicted molar refractivity (Wildman–Crippen MR) is 74.3 cm³/mol. The third-order valence-corrected chi connectivity index (χ3v) is 2.51. The monoisotopic (exact) mass is 230 g/mol. The van der Waals surface area contributed by atoms with Crippen LogP contribution in [-0.4, -0.2) is 0 Å². The zero-order chi connectivity index (χ0) is 12.8. The van der Waals surface area contributed by atoms with Crippen molar-refractivity contribution in [3.05, 3.63) is 82.5 Å². The van der Waals surface area contributed by atoms with Crippen LogP contribution in [0.15, 0.2) is 48.5 Å². The molecule has 0 unspecified atom stereocenters. The summed E-state index contributed by atoms with van der Waals surface area (Å²) < 4.78 is 0. The lowest BCUT2D eigenvalue weighted by Gasteiger charge is -1.95. The quantitative estimate of drug-likeness (QED) is 0.509. The van der Waals surface area contributed by atoms with Crippen LogP contribution in [0.3, 0.4) is 0 Å². The molecule has 18 heavy (non-hydrogen) atoms. The topological polar surface area (TPSA) is 8.72 Å². The van der Waals surface area contributed by atoms with Gasteiger partial charge in [0, 0.05) is 0 Å². The van der Waals surface area contributed by atoms with E-state index in [9.17, 15) is 0 Å². The predicted octanol–water partition coefficient (Wildman–Crippen LogP) is 4.96. The molecule has 0 aromatic heterocycles. The second-order valence-corrected chi connectivity index (χ2v) is 3.74. The number of hydrogen-bond acceptors (Lipinski definition) is 0. The van der Waals surface area contributed by atoms with Gasteiger partial charge in [-0.25, -0.2) is 9.69 Å². The van der Waals surface area contributed by atoms with Crippen molar-refractivity contribution in [2.45, 2.75) is 0 Å². The average Bonchev–Trinajstić information content (AvgIpc) is 2.46. The van der Waals surface area contributed by atoms with Crippen LogP contribution in [0.2, 0.25) is 0 Å². The highest BCUT2D eigenvalue weighted by Gasteiger charge is 1.91. The molecule has 0 aliphatic carbocycles. The largest absolute Gasteiger partial charge is 0.238 e. The van der Waals surface area contributed by atoms with Crippen molar-refractivity contribution in [2.75, 3.05) is 0 Å². The first-order chi connectivity index (χ1) is 8.81. The Kier molecular flexibility index (Phi) is 3.54. The summed E-state index contributed by atoms with van der Waals surface area (Å²) in [6, 6.07) is 14.9. The third kappa shape index (κ3) is 2.84. The Balaban J connectivity index is 2.14. The molecule has 0 aliphatic heterocycles. The van der Waals surface area contributed by atoms with Gasteiger partial charge >= 0.3 is 0 Å². The van der Waals surface area contributed by atoms with Crippen molar-refractivity contribution in [1.82, 2.24) is 0 Å². The summed E-state index contributed by atoms with van der Waals surface area (Å²) in [5, 5.41) is 0. The molecule has 2 heteroatoms. The number of rotatable bonds is 2. The van der Waals surface area contributed by atoms with E-state index in [0.717, 1.165) is 11.1 Å². The highest BCUT2D eigenvalue weighted by atomic mass is 14.6. The van der Waals surface area contributed by atoms with E-state index in [1.54, 1.807) is 24.3 Å². The van der Waals surface area contributed by atoms with Gasteiger partial charge in [-0.2, -0.15) is 0 Å². The Labute approximate surface area is 106 Å². The minimum atomic E-state index is 0.647. The van der Waals surface area contributed by atoms with Crippen LogP contribution in [0.25, 0.3) is 21.8 Å². The normalized spacial score (nSPS) is 9.89. The summed E-state index contributed by atoms with van der Waals surface area (Å²) in [4.78, 5) is 6.69. The summed E-state index contributed by atoms with van der Waals surface area (Å²) in [5.74, 6) is 0. The molecular formula is C16H10N2. The first-order valence-corrected chi connectivity index (χ1v) is 5.45. The van der Waals surface area contributed by atoms with Crippen molar-refractivity contribution >= 4 is 23.5 Å². The van der Waals surface area contributed by atoms with Crippen molar-refractivity contribution in [2.24, 2.45) is 0 Å². The minimum absolute atomic E-state index is 0.647. The third-order valence-electron chi connectivity index (χ3n) is 2.51. The average molecular weight is 230 g/mol. The Morgan fingerprint density at radius 2 is 0.944 bits per heavy atom. The van der Waals surface area contributed by atoms with E-state index in [1.165, 1.54) is 0 Å². The van der Waals surface area contributed by atoms with E-state index in [1.807, 2.05) is 36.4 Å². The van der Waals surface area contributed by atoms with Gasteiger partial charge in [0.25, 0.3) is 0 Å². The summed E-state index contributed by atoms with van der Waals surface area (Å²) in [7, 11) is 0. The van der Waals surface area contributed by atoms with Crippen LogP contribution < -0.4 is 0 Å². The molecule has 0 amide bonds. The zero-order valence-electron chi connectivity index (χ0n) is 9.67. The Morgan fingerprint density at radius 1 is 0.611 bits per heavy atom. The zero-order valence-corrected chi connectivity index (χ0v) is 9.67. The Hall–Kier alpha value is -2.84. The molecule has 0 aliphatic rings. The Morgan fingerprint density at radius 3 is 1.22 bits per heavy atom. The van der Waals surface area contributed by atoms with Crippen LogP contribution in [0.5, 0.6) is 0 Å². The molecule has 0 heterocycles. The first kappa shape index (κ1) is 11.6. The van der Waals surface area contributed by atoms with Gasteiger partial charge < -0.3 is 0 Å². The molecular weight excluding hydrogens is 220 g/mol. The van der Waals surface area contributed by atoms with E-state index < -0.39 is 0 Å². The number of benzene rings is 2. The maximum Gasteiger partial charge on any atom is 0.187 e. The summed E-state index contributed by atoms with van der Waals surface area (Å²) >= 11 is 0. The molecule has 0 bridgehead atoms. The van der Waals surface area contributed by atoms with Crippen molar-refractivity contribution in [3.8, 4) is 0 Å². The van der Waals surface area contributed by atoms with Crippen molar-refractivity contribution in [1.29, 1.82) is 0 Å². The van der Waals surface area contributed by atoms with Crippen molar-refractivity contribution in [3.63, 3.8) is 0 Å². The molecule has 0 saturated carbocycles. The fourth-order valence-corrected chi connectivity index (χ4v) is 1.51. The lowest BCUT2D eigenvalue weighted by Crippen LogP contribution is -1.72. The van der Waals surface area contributed by atoms with Gasteiger partial charge in [-0.1, -0.05) is 60.7 Å². The maximum atomic E-state index is 6.87. The summed E-state index contributed by atoms with van der Waals surface area (Å²) in [6.07, 6.45) is 3.97. The maximum absolute atomic E-state index is 6.87. The van der Waals surface area contributed by atoms with Crippen molar-refractivity contribution < 1.29 is 0 Å². The van der Waals surface area contributed by atoms with Crippen LogP contribution in [-0.2, 0) is 0 Å². The van der Waals surface area contributed by atoms with Crippen LogP contribution in [0.4, 0.5) is 11.4 Å². The van der Waals surface area contributed by atoms with Gasteiger partial charge in [-0.3, -0.25) is 0 Å². The van der Waals surface area contributed by atoms with Crippen LogP contribution in [0, 0.1) is 13.1 Å². The standard InChI is InChI=1S/C16H10N2/c1-17-15-9-5-13(6-10-15)3-4-14-7-11-16(18-2)12-8-14/h3-12H/b4-3+.